The van der Waals surface area contributed by atoms with Crippen molar-refractivity contribution in [1.82, 2.24) is 5.32 Å². The normalized spacial score (nSPS) is 12.5. The zero-order valence-corrected chi connectivity index (χ0v) is 56.0. The predicted molar refractivity (Wildman–Crippen MR) is 361 cm³/mol. The molecule has 0 saturated heterocycles. The molecule has 0 bridgehead atoms. The van der Waals surface area contributed by atoms with Gasteiger partial charge < -0.3 is 20.3 Å². The molecule has 1 amide bonds. The molecule has 0 aliphatic heterocycles. The minimum absolute atomic E-state index is 0.0254. The molecule has 3 N–H and O–H groups in total. The Morgan fingerprint density at radius 1 is 0.329 bits per heavy atom. The van der Waals surface area contributed by atoms with Crippen molar-refractivity contribution in [1.29, 1.82) is 0 Å². The van der Waals surface area contributed by atoms with E-state index in [2.05, 4.69) is 19.2 Å². The average molecular weight is 1160 g/mol. The number of esters is 1. The van der Waals surface area contributed by atoms with E-state index in [9.17, 15) is 19.8 Å². The van der Waals surface area contributed by atoms with E-state index in [1.165, 1.54) is 372 Å². The molecule has 0 heterocycles. The summed E-state index contributed by atoms with van der Waals surface area (Å²) >= 11 is 0. The molecule has 0 fully saturated rings. The highest BCUT2D eigenvalue weighted by atomic mass is 16.5. The van der Waals surface area contributed by atoms with Crippen LogP contribution in [-0.4, -0.2) is 47.4 Å². The summed E-state index contributed by atoms with van der Waals surface area (Å²) in [5.41, 5.74) is 0. The summed E-state index contributed by atoms with van der Waals surface area (Å²) in [5, 5.41) is 23.2. The number of allylic oxidation sites excluding steroid dienone is 1. The second-order valence-electron chi connectivity index (χ2n) is 26.4. The third kappa shape index (κ3) is 67.7. The van der Waals surface area contributed by atoms with Gasteiger partial charge in [-0.3, -0.25) is 9.59 Å². The Labute approximate surface area is 514 Å². The smallest absolute Gasteiger partial charge is 0.305 e. The number of hydrogen-bond donors (Lipinski definition) is 3. The summed E-state index contributed by atoms with van der Waals surface area (Å²) in [7, 11) is 0. The zero-order valence-electron chi connectivity index (χ0n) is 56.0. The van der Waals surface area contributed by atoms with Gasteiger partial charge in [-0.2, -0.15) is 0 Å². The first-order valence-electron chi connectivity index (χ1n) is 38.0. The van der Waals surface area contributed by atoms with Crippen molar-refractivity contribution in [3.8, 4) is 0 Å². The van der Waals surface area contributed by atoms with Crippen molar-refractivity contribution >= 4 is 11.9 Å². The number of carbonyl (C=O) groups excluding carboxylic acids is 2. The molecule has 0 aromatic carbocycles. The fourth-order valence-corrected chi connectivity index (χ4v) is 12.3. The predicted octanol–water partition coefficient (Wildman–Crippen LogP) is 24.7. The van der Waals surface area contributed by atoms with Crippen LogP contribution in [0, 0.1) is 0 Å². The van der Waals surface area contributed by atoms with Crippen LogP contribution in [0.4, 0.5) is 0 Å². The summed E-state index contributed by atoms with van der Waals surface area (Å²) < 4.78 is 5.52. The molecular formula is C76H149NO5. The van der Waals surface area contributed by atoms with E-state index in [1.807, 2.05) is 6.08 Å². The number of carbonyl (C=O) groups is 2. The second-order valence-corrected chi connectivity index (χ2v) is 26.4. The van der Waals surface area contributed by atoms with E-state index < -0.39 is 12.1 Å². The maximum absolute atomic E-state index is 12.5. The standard InChI is InChI=1S/C76H149NO5/c1-3-5-7-9-11-13-15-17-19-21-38-42-46-50-54-58-62-66-70-76(81)82-71-67-63-59-55-51-47-43-39-35-33-31-29-27-25-23-22-24-26-28-30-32-34-37-41-45-49-53-57-61-65-69-75(80)77-73(72-78)74(79)68-64-60-56-52-48-44-40-36-20-18-16-14-12-10-8-6-4-2/h64,68,73-74,78-79H,3-63,65-67,69-72H2,1-2H3,(H,77,80)/b68-64+. The maximum Gasteiger partial charge on any atom is 0.305 e. The van der Waals surface area contributed by atoms with E-state index in [4.69, 9.17) is 4.74 Å². The Hall–Kier alpha value is -1.40. The molecule has 0 saturated carbocycles. The molecule has 0 spiro atoms. The van der Waals surface area contributed by atoms with Crippen LogP contribution in [0.2, 0.25) is 0 Å². The zero-order chi connectivity index (χ0) is 59.2. The SMILES string of the molecule is CCCCCCCCCCCCCCCCC/C=C/C(O)C(CO)NC(=O)CCCCCCCCCCCCCCCCCCCCCCCCCCCCCCCCOC(=O)CCCCCCCCCCCCCCCCCCCC. The van der Waals surface area contributed by atoms with Crippen molar-refractivity contribution in [2.75, 3.05) is 13.2 Å². The Bertz CT molecular complexity index is 1240. The lowest BCUT2D eigenvalue weighted by Crippen LogP contribution is -2.45. The molecule has 0 rings (SSSR count). The molecule has 0 aromatic heterocycles. The van der Waals surface area contributed by atoms with E-state index in [0.717, 1.165) is 38.5 Å². The number of rotatable bonds is 72. The van der Waals surface area contributed by atoms with Gasteiger partial charge in [-0.05, 0) is 32.1 Å². The molecule has 2 atom stereocenters. The monoisotopic (exact) mass is 1160 g/mol. The molecule has 6 heteroatoms. The van der Waals surface area contributed by atoms with Crippen molar-refractivity contribution in [2.24, 2.45) is 0 Å². The van der Waals surface area contributed by atoms with Crippen molar-refractivity contribution in [3.05, 3.63) is 12.2 Å². The lowest BCUT2D eigenvalue weighted by molar-refractivity contribution is -0.143. The highest BCUT2D eigenvalue weighted by molar-refractivity contribution is 5.76. The summed E-state index contributed by atoms with van der Waals surface area (Å²) in [4.78, 5) is 24.6. The minimum Gasteiger partial charge on any atom is -0.466 e. The molecule has 488 valence electrons. The molecule has 82 heavy (non-hydrogen) atoms. The van der Waals surface area contributed by atoms with Crippen LogP contribution in [0.25, 0.3) is 0 Å². The number of nitrogens with one attached hydrogen (secondary N) is 1. The van der Waals surface area contributed by atoms with E-state index >= 15 is 0 Å². The van der Waals surface area contributed by atoms with Crippen LogP contribution in [0.3, 0.4) is 0 Å². The highest BCUT2D eigenvalue weighted by Crippen LogP contribution is 2.20. The quantitative estimate of drug-likeness (QED) is 0.0320. The van der Waals surface area contributed by atoms with Gasteiger partial charge in [0.2, 0.25) is 5.91 Å². The van der Waals surface area contributed by atoms with Gasteiger partial charge in [-0.1, -0.05) is 405 Å². The lowest BCUT2D eigenvalue weighted by atomic mass is 10.0. The van der Waals surface area contributed by atoms with Gasteiger partial charge in [0.1, 0.15) is 0 Å². The number of aliphatic hydroxyl groups is 2. The third-order valence-corrected chi connectivity index (χ3v) is 18.1. The van der Waals surface area contributed by atoms with E-state index in [1.54, 1.807) is 6.08 Å². The van der Waals surface area contributed by atoms with Gasteiger partial charge in [0.25, 0.3) is 0 Å². The van der Waals surface area contributed by atoms with Crippen LogP contribution in [0.5, 0.6) is 0 Å². The molecule has 6 nitrogen and oxygen atoms in total. The van der Waals surface area contributed by atoms with Crippen LogP contribution >= 0.6 is 0 Å². The van der Waals surface area contributed by atoms with Crippen LogP contribution in [-0.2, 0) is 14.3 Å². The van der Waals surface area contributed by atoms with Gasteiger partial charge in [0.05, 0.1) is 25.4 Å². The average Bonchev–Trinajstić information content (AvgIpc) is 3.48. The van der Waals surface area contributed by atoms with E-state index in [-0.39, 0.29) is 18.5 Å². The molecule has 0 aliphatic rings. The molecule has 0 radical (unpaired) electrons. The van der Waals surface area contributed by atoms with Gasteiger partial charge >= 0.3 is 5.97 Å². The minimum atomic E-state index is -0.841. The fraction of sp³-hybridized carbons (Fsp3) is 0.947. The number of amides is 1. The third-order valence-electron chi connectivity index (χ3n) is 18.1. The second kappa shape index (κ2) is 72.1. The van der Waals surface area contributed by atoms with Gasteiger partial charge in [0.15, 0.2) is 0 Å². The summed E-state index contributed by atoms with van der Waals surface area (Å²) in [6.45, 7) is 4.96. The lowest BCUT2D eigenvalue weighted by Gasteiger charge is -2.20. The van der Waals surface area contributed by atoms with Crippen LogP contribution in [0.15, 0.2) is 12.2 Å². The topological polar surface area (TPSA) is 95.9 Å². The number of ether oxygens (including phenoxy) is 1. The Balaban J connectivity index is 3.32. The molecule has 0 aliphatic carbocycles. The van der Waals surface area contributed by atoms with Gasteiger partial charge in [-0.15, -0.1) is 0 Å². The highest BCUT2D eigenvalue weighted by Gasteiger charge is 2.18. The van der Waals surface area contributed by atoms with Crippen molar-refractivity contribution in [3.63, 3.8) is 0 Å². The number of aliphatic hydroxyl groups excluding tert-OH is 2. The van der Waals surface area contributed by atoms with Crippen LogP contribution < -0.4 is 5.32 Å². The summed E-state index contributed by atoms with van der Waals surface area (Å²) in [6, 6.07) is -0.624. The van der Waals surface area contributed by atoms with Crippen molar-refractivity contribution in [2.45, 2.75) is 450 Å². The Kier molecular flexibility index (Phi) is 70.8. The Morgan fingerprint density at radius 3 is 0.829 bits per heavy atom. The summed E-state index contributed by atoms with van der Waals surface area (Å²) in [5.74, 6) is -0.0347. The first-order chi connectivity index (χ1) is 40.5. The first-order valence-corrected chi connectivity index (χ1v) is 38.0. The maximum atomic E-state index is 12.5. The number of hydrogen-bond acceptors (Lipinski definition) is 5. The first kappa shape index (κ1) is 80.6. The Morgan fingerprint density at radius 2 is 0.561 bits per heavy atom. The summed E-state index contributed by atoms with van der Waals surface area (Å²) in [6.07, 6.45) is 90.3. The van der Waals surface area contributed by atoms with Gasteiger partial charge in [0, 0.05) is 12.8 Å². The number of unbranched alkanes of at least 4 members (excludes halogenated alkanes) is 61. The fourth-order valence-electron chi connectivity index (χ4n) is 12.3. The largest absolute Gasteiger partial charge is 0.466 e. The van der Waals surface area contributed by atoms with Crippen molar-refractivity contribution < 1.29 is 24.5 Å². The van der Waals surface area contributed by atoms with Gasteiger partial charge in [-0.25, -0.2) is 0 Å². The van der Waals surface area contributed by atoms with E-state index in [0.29, 0.717) is 19.4 Å². The molecule has 0 aromatic rings. The molecular weight excluding hydrogens is 1010 g/mol. The van der Waals surface area contributed by atoms with Crippen LogP contribution in [0.1, 0.15) is 438 Å². The molecule has 2 unspecified atom stereocenters.